The normalized spacial score (nSPS) is 15.7. The Morgan fingerprint density at radius 1 is 1.37 bits per heavy atom. The summed E-state index contributed by atoms with van der Waals surface area (Å²) in [6, 6.07) is 0. The predicted octanol–water partition coefficient (Wildman–Crippen LogP) is 1.70. The first-order valence-corrected chi connectivity index (χ1v) is 6.67. The fourth-order valence-electron chi connectivity index (χ4n) is 2.54. The van der Waals surface area contributed by atoms with Crippen molar-refractivity contribution in [1.29, 1.82) is 0 Å². The number of H-pyrrole nitrogens is 1. The van der Waals surface area contributed by atoms with Crippen LogP contribution in [0, 0.1) is 13.8 Å². The molecule has 19 heavy (non-hydrogen) atoms. The third kappa shape index (κ3) is 3.04. The van der Waals surface area contributed by atoms with Gasteiger partial charge in [-0.15, -0.1) is 0 Å². The van der Waals surface area contributed by atoms with E-state index in [0.717, 1.165) is 25.9 Å². The van der Waals surface area contributed by atoms with Crippen molar-refractivity contribution in [3.63, 3.8) is 0 Å². The van der Waals surface area contributed by atoms with Gasteiger partial charge in [-0.3, -0.25) is 9.69 Å². The number of hydrogen-bond donors (Lipinski definition) is 1. The number of likely N-dealkylation sites (tertiary alicyclic amines) is 1. The minimum atomic E-state index is -0.349. The first kappa shape index (κ1) is 13.8. The first-order chi connectivity index (χ1) is 9.13. The molecule has 0 spiro atoms. The summed E-state index contributed by atoms with van der Waals surface area (Å²) < 4.78 is 5.29. The fraction of sp³-hybridized carbons (Fsp3) is 0.571. The maximum Gasteiger partial charge on any atom is 0.340 e. The molecule has 0 atom stereocenters. The average molecular weight is 264 g/mol. The highest BCUT2D eigenvalue weighted by molar-refractivity contribution is 5.95. The second-order valence-corrected chi connectivity index (χ2v) is 4.97. The van der Waals surface area contributed by atoms with Gasteiger partial charge in [-0.05, 0) is 45.3 Å². The Kier molecular flexibility index (Phi) is 4.37. The molecular formula is C14H20N2O3. The number of rotatable bonds is 5. The number of esters is 1. The summed E-state index contributed by atoms with van der Waals surface area (Å²) in [5.74, 6) is -0.349. The Morgan fingerprint density at radius 3 is 2.63 bits per heavy atom. The molecule has 1 aliphatic rings. The van der Waals surface area contributed by atoms with Crippen LogP contribution in [0.5, 0.6) is 0 Å². The van der Waals surface area contributed by atoms with Crippen LogP contribution in [0.25, 0.3) is 0 Å². The summed E-state index contributed by atoms with van der Waals surface area (Å²) in [5, 5.41) is 0. The Hall–Kier alpha value is -1.62. The molecule has 1 fully saturated rings. The van der Waals surface area contributed by atoms with Crippen LogP contribution in [0.3, 0.4) is 0 Å². The number of hydrogen-bond acceptors (Lipinski definition) is 4. The lowest BCUT2D eigenvalue weighted by molar-refractivity contribution is 0.0471. The molecule has 1 aromatic rings. The predicted molar refractivity (Wildman–Crippen MR) is 71.6 cm³/mol. The van der Waals surface area contributed by atoms with Gasteiger partial charge in [0.2, 0.25) is 0 Å². The Labute approximate surface area is 112 Å². The van der Waals surface area contributed by atoms with Crippen LogP contribution >= 0.6 is 0 Å². The van der Waals surface area contributed by atoms with Gasteiger partial charge in [-0.2, -0.15) is 0 Å². The smallest absolute Gasteiger partial charge is 0.340 e. The van der Waals surface area contributed by atoms with Gasteiger partial charge < -0.3 is 9.72 Å². The molecule has 2 heterocycles. The van der Waals surface area contributed by atoms with Crippen LogP contribution in [0.15, 0.2) is 0 Å². The second-order valence-electron chi connectivity index (χ2n) is 4.97. The summed E-state index contributed by atoms with van der Waals surface area (Å²) in [6.45, 7) is 6.90. The maximum atomic E-state index is 12.0. The van der Waals surface area contributed by atoms with E-state index < -0.39 is 0 Å². The number of nitrogens with zero attached hydrogens (tertiary/aromatic N) is 1. The van der Waals surface area contributed by atoms with Crippen molar-refractivity contribution in [1.82, 2.24) is 9.88 Å². The van der Waals surface area contributed by atoms with Gasteiger partial charge in [0.1, 0.15) is 6.61 Å². The van der Waals surface area contributed by atoms with Crippen LogP contribution < -0.4 is 0 Å². The Balaban J connectivity index is 1.92. The van der Waals surface area contributed by atoms with E-state index in [2.05, 4.69) is 9.88 Å². The molecule has 104 valence electrons. The molecule has 1 N–H and O–H groups in total. The molecule has 0 aromatic carbocycles. The standard InChI is InChI=1S/C14H20N2O3/c1-10-12(9-17)15-11(2)13(10)14(18)19-8-7-16-5-3-4-6-16/h9,15H,3-8H2,1-2H3. The van der Waals surface area contributed by atoms with Gasteiger partial charge in [0.15, 0.2) is 6.29 Å². The number of carbonyl (C=O) groups is 2. The first-order valence-electron chi connectivity index (χ1n) is 6.67. The summed E-state index contributed by atoms with van der Waals surface area (Å²) in [7, 11) is 0. The highest BCUT2D eigenvalue weighted by Crippen LogP contribution is 2.17. The minimum Gasteiger partial charge on any atom is -0.461 e. The van der Waals surface area contributed by atoms with E-state index in [0.29, 0.717) is 29.1 Å². The molecule has 5 nitrogen and oxygen atoms in total. The molecule has 0 radical (unpaired) electrons. The highest BCUT2D eigenvalue weighted by Gasteiger charge is 2.19. The van der Waals surface area contributed by atoms with Crippen molar-refractivity contribution < 1.29 is 14.3 Å². The van der Waals surface area contributed by atoms with E-state index >= 15 is 0 Å². The van der Waals surface area contributed by atoms with Gasteiger partial charge in [0.05, 0.1) is 11.3 Å². The zero-order valence-electron chi connectivity index (χ0n) is 11.5. The third-order valence-electron chi connectivity index (χ3n) is 3.64. The molecule has 1 aliphatic heterocycles. The van der Waals surface area contributed by atoms with E-state index in [1.165, 1.54) is 12.8 Å². The molecule has 0 saturated carbocycles. The minimum absolute atomic E-state index is 0.349. The van der Waals surface area contributed by atoms with E-state index in [1.54, 1.807) is 13.8 Å². The fourth-order valence-corrected chi connectivity index (χ4v) is 2.54. The van der Waals surface area contributed by atoms with Crippen molar-refractivity contribution in [3.05, 3.63) is 22.5 Å². The monoisotopic (exact) mass is 264 g/mol. The number of aromatic amines is 1. The molecule has 1 aromatic heterocycles. The van der Waals surface area contributed by atoms with Crippen LogP contribution in [0.1, 0.15) is 44.9 Å². The van der Waals surface area contributed by atoms with Gasteiger partial charge in [0.25, 0.3) is 0 Å². The Morgan fingerprint density at radius 2 is 2.05 bits per heavy atom. The van der Waals surface area contributed by atoms with E-state index in [1.807, 2.05) is 0 Å². The zero-order chi connectivity index (χ0) is 13.8. The van der Waals surface area contributed by atoms with Crippen LogP contribution in [0.2, 0.25) is 0 Å². The molecule has 2 rings (SSSR count). The van der Waals surface area contributed by atoms with Crippen molar-refractivity contribution in [2.75, 3.05) is 26.2 Å². The van der Waals surface area contributed by atoms with Gasteiger partial charge in [0, 0.05) is 12.2 Å². The number of ether oxygens (including phenoxy) is 1. The largest absolute Gasteiger partial charge is 0.461 e. The summed E-state index contributed by atoms with van der Waals surface area (Å²) in [6.07, 6.45) is 3.18. The zero-order valence-corrected chi connectivity index (χ0v) is 11.5. The summed E-state index contributed by atoms with van der Waals surface area (Å²) in [5.41, 5.74) is 2.29. The van der Waals surface area contributed by atoms with Gasteiger partial charge >= 0.3 is 5.97 Å². The number of aryl methyl sites for hydroxylation is 1. The molecule has 0 aliphatic carbocycles. The second kappa shape index (κ2) is 6.02. The molecule has 5 heteroatoms. The van der Waals surface area contributed by atoms with Gasteiger partial charge in [-0.25, -0.2) is 4.79 Å². The lowest BCUT2D eigenvalue weighted by Crippen LogP contribution is -2.25. The summed E-state index contributed by atoms with van der Waals surface area (Å²) >= 11 is 0. The van der Waals surface area contributed by atoms with Crippen molar-refractivity contribution in [3.8, 4) is 0 Å². The number of aldehydes is 1. The number of carbonyl (C=O) groups excluding carboxylic acids is 2. The van der Waals surface area contributed by atoms with Crippen molar-refractivity contribution in [2.24, 2.45) is 0 Å². The molecule has 0 bridgehead atoms. The quantitative estimate of drug-likeness (QED) is 0.649. The lowest BCUT2D eigenvalue weighted by atomic mass is 10.1. The van der Waals surface area contributed by atoms with Crippen LogP contribution in [-0.2, 0) is 4.74 Å². The van der Waals surface area contributed by atoms with Gasteiger partial charge in [-0.1, -0.05) is 0 Å². The maximum absolute atomic E-state index is 12.0. The Bertz CT molecular complexity index is 473. The lowest BCUT2D eigenvalue weighted by Gasteiger charge is -2.14. The molecular weight excluding hydrogens is 244 g/mol. The number of aromatic nitrogens is 1. The van der Waals surface area contributed by atoms with E-state index in [4.69, 9.17) is 4.74 Å². The topological polar surface area (TPSA) is 62.4 Å². The number of nitrogens with one attached hydrogen (secondary N) is 1. The third-order valence-corrected chi connectivity index (χ3v) is 3.64. The SMILES string of the molecule is Cc1[nH]c(C=O)c(C)c1C(=O)OCCN1CCCC1. The van der Waals surface area contributed by atoms with Crippen molar-refractivity contribution in [2.45, 2.75) is 26.7 Å². The molecule has 0 amide bonds. The van der Waals surface area contributed by atoms with E-state index in [9.17, 15) is 9.59 Å². The highest BCUT2D eigenvalue weighted by atomic mass is 16.5. The van der Waals surface area contributed by atoms with Crippen molar-refractivity contribution >= 4 is 12.3 Å². The average Bonchev–Trinajstić information content (AvgIpc) is 2.97. The van der Waals surface area contributed by atoms with E-state index in [-0.39, 0.29) is 5.97 Å². The summed E-state index contributed by atoms with van der Waals surface area (Å²) in [4.78, 5) is 28.0. The molecule has 1 saturated heterocycles. The van der Waals surface area contributed by atoms with Crippen LogP contribution in [-0.4, -0.2) is 48.4 Å². The molecule has 0 unspecified atom stereocenters. The van der Waals surface area contributed by atoms with Crippen LogP contribution in [0.4, 0.5) is 0 Å².